The van der Waals surface area contributed by atoms with Gasteiger partial charge in [0.25, 0.3) is 10.0 Å². The first-order valence-corrected chi connectivity index (χ1v) is 10.4. The van der Waals surface area contributed by atoms with Crippen molar-refractivity contribution in [3.05, 3.63) is 46.7 Å². The number of carbonyl (C=O) groups is 1. The lowest BCUT2D eigenvalue weighted by atomic mass is 10.2. The van der Waals surface area contributed by atoms with Crippen LogP contribution in [0, 0.1) is 5.82 Å². The number of benzene rings is 2. The molecule has 150 valence electrons. The third-order valence-electron chi connectivity index (χ3n) is 3.99. The van der Waals surface area contributed by atoms with Crippen LogP contribution < -0.4 is 13.9 Å². The number of fused-ring (bicyclic) bond motifs is 1. The summed E-state index contributed by atoms with van der Waals surface area (Å²) in [6.07, 6.45) is 0. The Labute approximate surface area is 170 Å². The summed E-state index contributed by atoms with van der Waals surface area (Å²) in [5, 5.41) is 9.77. The van der Waals surface area contributed by atoms with Crippen molar-refractivity contribution in [2.45, 2.75) is 24.3 Å². The minimum absolute atomic E-state index is 0.0214. The SMILES string of the molecule is CN1C(=O)N(c2ccc(Br)cc2F)S(=O)(=O)c2ccc(OCC(C)(C)O)cc21. The van der Waals surface area contributed by atoms with Gasteiger partial charge in [0.15, 0.2) is 0 Å². The highest BCUT2D eigenvalue weighted by Gasteiger charge is 2.42. The molecule has 0 saturated carbocycles. The first-order valence-electron chi connectivity index (χ1n) is 8.19. The number of ether oxygens (including phenoxy) is 1. The second-order valence-corrected chi connectivity index (χ2v) is 9.61. The molecule has 0 aliphatic carbocycles. The van der Waals surface area contributed by atoms with Gasteiger partial charge in [0.05, 0.1) is 17.0 Å². The molecule has 3 rings (SSSR count). The topological polar surface area (TPSA) is 87.2 Å². The van der Waals surface area contributed by atoms with E-state index in [0.29, 0.717) is 14.5 Å². The first-order chi connectivity index (χ1) is 12.9. The second kappa shape index (κ2) is 7.02. The second-order valence-electron chi connectivity index (χ2n) is 6.94. The third-order valence-corrected chi connectivity index (χ3v) is 6.22. The van der Waals surface area contributed by atoms with Crippen molar-refractivity contribution in [2.75, 3.05) is 22.9 Å². The lowest BCUT2D eigenvalue weighted by Crippen LogP contribution is -2.49. The van der Waals surface area contributed by atoms with Crippen LogP contribution in [0.3, 0.4) is 0 Å². The number of halogens is 2. The van der Waals surface area contributed by atoms with Crippen molar-refractivity contribution >= 4 is 43.4 Å². The fourth-order valence-corrected chi connectivity index (χ4v) is 4.61. The van der Waals surface area contributed by atoms with Gasteiger partial charge in [-0.2, -0.15) is 4.31 Å². The summed E-state index contributed by atoms with van der Waals surface area (Å²) in [5.41, 5.74) is -1.35. The molecule has 28 heavy (non-hydrogen) atoms. The largest absolute Gasteiger partial charge is 0.491 e. The number of aliphatic hydroxyl groups is 1. The van der Waals surface area contributed by atoms with Crippen LogP contribution in [0.4, 0.5) is 20.6 Å². The Bertz CT molecular complexity index is 1050. The Morgan fingerprint density at radius 3 is 2.46 bits per heavy atom. The van der Waals surface area contributed by atoms with E-state index in [1.165, 1.54) is 37.4 Å². The van der Waals surface area contributed by atoms with E-state index in [1.807, 2.05) is 0 Å². The van der Waals surface area contributed by atoms with E-state index < -0.39 is 27.5 Å². The number of nitrogens with zero attached hydrogens (tertiary/aromatic N) is 2. The highest BCUT2D eigenvalue weighted by molar-refractivity contribution is 9.10. The van der Waals surface area contributed by atoms with E-state index in [1.54, 1.807) is 13.8 Å². The number of hydrogen-bond donors (Lipinski definition) is 1. The number of hydrogen-bond acceptors (Lipinski definition) is 5. The number of amides is 2. The Balaban J connectivity index is 2.07. The van der Waals surface area contributed by atoms with Gasteiger partial charge in [0.1, 0.15) is 23.1 Å². The van der Waals surface area contributed by atoms with Crippen LogP contribution >= 0.6 is 15.9 Å². The number of urea groups is 1. The molecule has 0 aromatic heterocycles. The standard InChI is InChI=1S/C18H18BrFN2O5S/c1-18(2,24)10-27-12-5-7-16-15(9-12)21(3)17(23)22(28(16,25)26)14-6-4-11(19)8-13(14)20/h4-9,24H,10H2,1-3H3. The highest BCUT2D eigenvalue weighted by atomic mass is 79.9. The van der Waals surface area contributed by atoms with Crippen molar-refractivity contribution in [1.82, 2.24) is 0 Å². The molecule has 1 aliphatic rings. The normalized spacial score (nSPS) is 16.1. The van der Waals surface area contributed by atoms with Gasteiger partial charge in [-0.1, -0.05) is 15.9 Å². The Morgan fingerprint density at radius 1 is 1.18 bits per heavy atom. The molecule has 2 aromatic rings. The summed E-state index contributed by atoms with van der Waals surface area (Å²) in [5.74, 6) is -0.563. The molecular weight excluding hydrogens is 455 g/mol. The van der Waals surface area contributed by atoms with E-state index >= 15 is 0 Å². The molecule has 2 amide bonds. The van der Waals surface area contributed by atoms with Crippen LogP contribution in [0.15, 0.2) is 45.8 Å². The first kappa shape index (κ1) is 20.6. The zero-order valence-corrected chi connectivity index (χ0v) is 17.7. The quantitative estimate of drug-likeness (QED) is 0.735. The van der Waals surface area contributed by atoms with Gasteiger partial charge in [-0.3, -0.25) is 4.90 Å². The van der Waals surface area contributed by atoms with Crippen molar-refractivity contribution in [3.63, 3.8) is 0 Å². The summed E-state index contributed by atoms with van der Waals surface area (Å²) in [6, 6.07) is 6.93. The zero-order valence-electron chi connectivity index (χ0n) is 15.3. The fourth-order valence-electron chi connectivity index (χ4n) is 2.65. The van der Waals surface area contributed by atoms with E-state index in [2.05, 4.69) is 15.9 Å². The van der Waals surface area contributed by atoms with Crippen LogP contribution in [-0.2, 0) is 10.0 Å². The molecule has 0 bridgehead atoms. The summed E-state index contributed by atoms with van der Waals surface area (Å²) < 4.78 is 46.8. The monoisotopic (exact) mass is 472 g/mol. The zero-order chi connectivity index (χ0) is 20.9. The summed E-state index contributed by atoms with van der Waals surface area (Å²) in [6.45, 7) is 3.11. The lowest BCUT2D eigenvalue weighted by molar-refractivity contribution is 0.0285. The van der Waals surface area contributed by atoms with Crippen LogP contribution in [-0.4, -0.2) is 38.8 Å². The molecule has 1 N–H and O–H groups in total. The third kappa shape index (κ3) is 3.71. The minimum Gasteiger partial charge on any atom is -0.491 e. The van der Waals surface area contributed by atoms with Crippen LogP contribution in [0.1, 0.15) is 13.8 Å². The van der Waals surface area contributed by atoms with Gasteiger partial charge in [-0.15, -0.1) is 0 Å². The summed E-state index contributed by atoms with van der Waals surface area (Å²) in [4.78, 5) is 13.7. The minimum atomic E-state index is -4.33. The molecule has 0 saturated heterocycles. The van der Waals surface area contributed by atoms with E-state index in [4.69, 9.17) is 4.74 Å². The summed E-state index contributed by atoms with van der Waals surface area (Å²) in [7, 11) is -2.94. The molecule has 1 heterocycles. The van der Waals surface area contributed by atoms with E-state index in [9.17, 15) is 22.7 Å². The molecule has 7 nitrogen and oxygen atoms in total. The van der Waals surface area contributed by atoms with Gasteiger partial charge in [-0.25, -0.2) is 17.6 Å². The van der Waals surface area contributed by atoms with Crippen molar-refractivity contribution < 1.29 is 27.4 Å². The van der Waals surface area contributed by atoms with Crippen LogP contribution in [0.5, 0.6) is 5.75 Å². The average molecular weight is 473 g/mol. The van der Waals surface area contributed by atoms with Gasteiger partial charge in [0.2, 0.25) is 0 Å². The lowest BCUT2D eigenvalue weighted by Gasteiger charge is -2.34. The van der Waals surface area contributed by atoms with Gasteiger partial charge < -0.3 is 9.84 Å². The van der Waals surface area contributed by atoms with Gasteiger partial charge in [-0.05, 0) is 44.2 Å². The smallest absolute Gasteiger partial charge is 0.343 e. The predicted molar refractivity (Wildman–Crippen MR) is 106 cm³/mol. The van der Waals surface area contributed by atoms with Gasteiger partial charge >= 0.3 is 6.03 Å². The van der Waals surface area contributed by atoms with Crippen molar-refractivity contribution in [1.29, 1.82) is 0 Å². The van der Waals surface area contributed by atoms with E-state index in [0.717, 1.165) is 11.0 Å². The number of sulfonamides is 1. The van der Waals surface area contributed by atoms with Gasteiger partial charge in [0, 0.05) is 17.6 Å². The Morgan fingerprint density at radius 2 is 1.86 bits per heavy atom. The highest BCUT2D eigenvalue weighted by Crippen LogP contribution is 2.39. The molecule has 0 fully saturated rings. The fraction of sp³-hybridized carbons (Fsp3) is 0.278. The number of rotatable bonds is 4. The van der Waals surface area contributed by atoms with Crippen LogP contribution in [0.25, 0.3) is 0 Å². The van der Waals surface area contributed by atoms with Crippen LogP contribution in [0.2, 0.25) is 0 Å². The molecule has 0 unspecified atom stereocenters. The van der Waals surface area contributed by atoms with Crippen molar-refractivity contribution in [2.24, 2.45) is 0 Å². The Kier molecular flexibility index (Phi) is 5.15. The Hall–Kier alpha value is -2.17. The van der Waals surface area contributed by atoms with Crippen molar-refractivity contribution in [3.8, 4) is 5.75 Å². The number of anilines is 2. The van der Waals surface area contributed by atoms with E-state index in [-0.39, 0.29) is 22.9 Å². The average Bonchev–Trinajstić information content (AvgIpc) is 2.59. The summed E-state index contributed by atoms with van der Waals surface area (Å²) >= 11 is 3.10. The molecule has 0 spiro atoms. The maximum Gasteiger partial charge on any atom is 0.343 e. The molecule has 10 heteroatoms. The predicted octanol–water partition coefficient (Wildman–Crippen LogP) is 3.50. The maximum absolute atomic E-state index is 14.4. The molecular formula is C18H18BrFN2O5S. The number of carbonyl (C=O) groups excluding carboxylic acids is 1. The molecule has 2 aromatic carbocycles. The molecule has 0 atom stereocenters. The molecule has 0 radical (unpaired) electrons. The molecule has 1 aliphatic heterocycles. The maximum atomic E-state index is 14.4.